The zero-order valence-electron chi connectivity index (χ0n) is 16.5. The summed E-state index contributed by atoms with van der Waals surface area (Å²) in [6.07, 6.45) is 1.88. The Balaban J connectivity index is 1.74. The first-order valence-electron chi connectivity index (χ1n) is 9.25. The number of hydrogen-bond donors (Lipinski definition) is 1. The molecule has 3 aromatic rings. The number of carbonyl (C=O) groups is 2. The van der Waals surface area contributed by atoms with Gasteiger partial charge >= 0.3 is 5.97 Å². The van der Waals surface area contributed by atoms with Crippen LogP contribution < -0.4 is 4.74 Å². The SMILES string of the molecule is COCCn1cc(C(=O)N(C)Cc2ccc(OCC(=O)O)cc2)c2ccccc21. The van der Waals surface area contributed by atoms with Crippen LogP contribution in [0.1, 0.15) is 15.9 Å². The molecule has 0 spiro atoms. The zero-order chi connectivity index (χ0) is 20.8. The van der Waals surface area contributed by atoms with E-state index < -0.39 is 5.97 Å². The van der Waals surface area contributed by atoms with E-state index >= 15 is 0 Å². The summed E-state index contributed by atoms with van der Waals surface area (Å²) < 4.78 is 12.3. The van der Waals surface area contributed by atoms with Gasteiger partial charge in [0.05, 0.1) is 12.2 Å². The fraction of sp³-hybridized carbons (Fsp3) is 0.273. The molecule has 1 heterocycles. The fourth-order valence-electron chi connectivity index (χ4n) is 3.18. The number of fused-ring (bicyclic) bond motifs is 1. The molecule has 1 aromatic heterocycles. The Labute approximate surface area is 169 Å². The van der Waals surface area contributed by atoms with E-state index in [0.717, 1.165) is 16.5 Å². The van der Waals surface area contributed by atoms with Crippen LogP contribution >= 0.6 is 0 Å². The lowest BCUT2D eigenvalue weighted by Gasteiger charge is -2.17. The lowest BCUT2D eigenvalue weighted by Crippen LogP contribution is -2.26. The molecule has 0 bridgehead atoms. The van der Waals surface area contributed by atoms with Gasteiger partial charge in [0.15, 0.2) is 6.61 Å². The molecule has 1 N–H and O–H groups in total. The monoisotopic (exact) mass is 396 g/mol. The number of carboxylic acids is 1. The van der Waals surface area contributed by atoms with Gasteiger partial charge in [-0.25, -0.2) is 4.79 Å². The van der Waals surface area contributed by atoms with Gasteiger partial charge in [0.1, 0.15) is 5.75 Å². The van der Waals surface area contributed by atoms with Crippen molar-refractivity contribution >= 4 is 22.8 Å². The molecular formula is C22H24N2O5. The van der Waals surface area contributed by atoms with Gasteiger partial charge in [0, 0.05) is 44.3 Å². The highest BCUT2D eigenvalue weighted by Gasteiger charge is 2.18. The summed E-state index contributed by atoms with van der Waals surface area (Å²) in [5.41, 5.74) is 2.58. The molecule has 1 amide bonds. The van der Waals surface area contributed by atoms with Crippen molar-refractivity contribution in [3.05, 3.63) is 65.9 Å². The van der Waals surface area contributed by atoms with E-state index in [0.29, 0.717) is 31.0 Å². The maximum atomic E-state index is 13.1. The predicted octanol–water partition coefficient (Wildman–Crippen LogP) is 3.02. The highest BCUT2D eigenvalue weighted by Crippen LogP contribution is 2.23. The summed E-state index contributed by atoms with van der Waals surface area (Å²) in [6.45, 7) is 1.28. The molecule has 0 aliphatic rings. The van der Waals surface area contributed by atoms with Crippen molar-refractivity contribution in [2.75, 3.05) is 27.4 Å². The quantitative estimate of drug-likeness (QED) is 0.601. The van der Waals surface area contributed by atoms with E-state index in [2.05, 4.69) is 0 Å². The van der Waals surface area contributed by atoms with Gasteiger partial charge in [0.25, 0.3) is 5.91 Å². The van der Waals surface area contributed by atoms with Crippen LogP contribution in [-0.2, 0) is 22.6 Å². The number of benzene rings is 2. The number of aliphatic carboxylic acids is 1. The Bertz CT molecular complexity index is 994. The highest BCUT2D eigenvalue weighted by molar-refractivity contribution is 6.06. The summed E-state index contributed by atoms with van der Waals surface area (Å²) in [4.78, 5) is 25.3. The zero-order valence-corrected chi connectivity index (χ0v) is 16.5. The maximum absolute atomic E-state index is 13.1. The van der Waals surface area contributed by atoms with Gasteiger partial charge in [-0.15, -0.1) is 0 Å². The Kier molecular flexibility index (Phi) is 6.51. The van der Waals surface area contributed by atoms with E-state index in [1.165, 1.54) is 0 Å². The van der Waals surface area contributed by atoms with Crippen molar-refractivity contribution in [1.82, 2.24) is 9.47 Å². The normalized spacial score (nSPS) is 10.8. The molecule has 7 nitrogen and oxygen atoms in total. The molecular weight excluding hydrogens is 372 g/mol. The van der Waals surface area contributed by atoms with Gasteiger partial charge in [0.2, 0.25) is 0 Å². The van der Waals surface area contributed by atoms with Gasteiger partial charge < -0.3 is 24.0 Å². The minimum atomic E-state index is -1.02. The van der Waals surface area contributed by atoms with E-state index in [-0.39, 0.29) is 12.5 Å². The van der Waals surface area contributed by atoms with Crippen LogP contribution in [-0.4, -0.2) is 53.8 Å². The molecule has 152 valence electrons. The first-order chi connectivity index (χ1) is 14.0. The number of ether oxygens (including phenoxy) is 2. The van der Waals surface area contributed by atoms with Gasteiger partial charge in [-0.3, -0.25) is 4.79 Å². The van der Waals surface area contributed by atoms with E-state index in [9.17, 15) is 9.59 Å². The van der Waals surface area contributed by atoms with Crippen molar-refractivity contribution in [2.24, 2.45) is 0 Å². The largest absolute Gasteiger partial charge is 0.482 e. The third-order valence-electron chi connectivity index (χ3n) is 4.61. The van der Waals surface area contributed by atoms with E-state index in [1.54, 1.807) is 31.2 Å². The third-order valence-corrected chi connectivity index (χ3v) is 4.61. The molecule has 0 fully saturated rings. The number of nitrogens with zero attached hydrogens (tertiary/aromatic N) is 2. The average molecular weight is 396 g/mol. The lowest BCUT2D eigenvalue weighted by molar-refractivity contribution is -0.139. The average Bonchev–Trinajstić information content (AvgIpc) is 3.09. The second-order valence-electron chi connectivity index (χ2n) is 6.73. The Morgan fingerprint density at radius 2 is 1.83 bits per heavy atom. The minimum Gasteiger partial charge on any atom is -0.482 e. The smallest absolute Gasteiger partial charge is 0.341 e. The number of carboxylic acid groups (broad SMARTS) is 1. The molecule has 2 aromatic carbocycles. The van der Waals surface area contributed by atoms with Crippen LogP contribution in [0.5, 0.6) is 5.75 Å². The molecule has 0 saturated heterocycles. The van der Waals surface area contributed by atoms with Crippen molar-refractivity contribution in [2.45, 2.75) is 13.1 Å². The van der Waals surface area contributed by atoms with Crippen LogP contribution in [0.3, 0.4) is 0 Å². The molecule has 7 heteroatoms. The van der Waals surface area contributed by atoms with Crippen LogP contribution in [0.2, 0.25) is 0 Å². The summed E-state index contributed by atoms with van der Waals surface area (Å²) in [5, 5.41) is 9.58. The molecule has 0 radical (unpaired) electrons. The number of amides is 1. The van der Waals surface area contributed by atoms with Crippen LogP contribution in [0.25, 0.3) is 10.9 Å². The highest BCUT2D eigenvalue weighted by atomic mass is 16.5. The van der Waals surface area contributed by atoms with Gasteiger partial charge in [-0.1, -0.05) is 30.3 Å². The van der Waals surface area contributed by atoms with Crippen molar-refractivity contribution in [3.63, 3.8) is 0 Å². The van der Waals surface area contributed by atoms with Gasteiger partial charge in [-0.05, 0) is 23.8 Å². The Morgan fingerprint density at radius 1 is 1.10 bits per heavy atom. The summed E-state index contributed by atoms with van der Waals surface area (Å²) in [6, 6.07) is 14.9. The van der Waals surface area contributed by atoms with Crippen LogP contribution in [0.15, 0.2) is 54.7 Å². The molecule has 0 atom stereocenters. The topological polar surface area (TPSA) is 81.0 Å². The molecule has 0 saturated carbocycles. The Hall–Kier alpha value is -3.32. The number of aromatic nitrogens is 1. The van der Waals surface area contributed by atoms with E-state index in [4.69, 9.17) is 14.6 Å². The number of carbonyl (C=O) groups excluding carboxylic acids is 1. The van der Waals surface area contributed by atoms with Crippen LogP contribution in [0, 0.1) is 0 Å². The molecule has 29 heavy (non-hydrogen) atoms. The second-order valence-corrected chi connectivity index (χ2v) is 6.73. The molecule has 0 aliphatic heterocycles. The van der Waals surface area contributed by atoms with Gasteiger partial charge in [-0.2, -0.15) is 0 Å². The number of hydrogen-bond acceptors (Lipinski definition) is 4. The molecule has 0 aliphatic carbocycles. The Morgan fingerprint density at radius 3 is 2.52 bits per heavy atom. The number of rotatable bonds is 9. The first-order valence-corrected chi connectivity index (χ1v) is 9.25. The fourth-order valence-corrected chi connectivity index (χ4v) is 3.18. The summed E-state index contributed by atoms with van der Waals surface area (Å²) >= 11 is 0. The van der Waals surface area contributed by atoms with Crippen molar-refractivity contribution < 1.29 is 24.2 Å². The van der Waals surface area contributed by atoms with Crippen LogP contribution in [0.4, 0.5) is 0 Å². The standard InChI is InChI=1S/C22H24N2O5/c1-23(13-16-7-9-17(10-8-16)29-15-21(25)26)22(27)19-14-24(11-12-28-2)20-6-4-3-5-18(19)20/h3-10,14H,11-13,15H2,1-2H3,(H,25,26). The number of methoxy groups -OCH3 is 1. The predicted molar refractivity (Wildman–Crippen MR) is 109 cm³/mol. The number of para-hydroxylation sites is 1. The summed E-state index contributed by atoms with van der Waals surface area (Å²) in [5.74, 6) is -0.612. The second kappa shape index (κ2) is 9.25. The lowest BCUT2D eigenvalue weighted by atomic mass is 10.1. The molecule has 3 rings (SSSR count). The van der Waals surface area contributed by atoms with Crippen molar-refractivity contribution in [1.29, 1.82) is 0 Å². The summed E-state index contributed by atoms with van der Waals surface area (Å²) in [7, 11) is 3.42. The maximum Gasteiger partial charge on any atom is 0.341 e. The van der Waals surface area contributed by atoms with Crippen molar-refractivity contribution in [3.8, 4) is 5.75 Å². The minimum absolute atomic E-state index is 0.0661. The van der Waals surface area contributed by atoms with E-state index in [1.807, 2.05) is 47.2 Å². The third kappa shape index (κ3) is 4.94. The molecule has 0 unspecified atom stereocenters. The first kappa shape index (κ1) is 20.4.